The molecule has 6 rings (SSSR count). The molecule has 1 aromatic carbocycles. The van der Waals surface area contributed by atoms with Crippen molar-refractivity contribution in [2.75, 3.05) is 52.5 Å². The molecule has 3 aliphatic heterocycles. The first kappa shape index (κ1) is 22.5. The van der Waals surface area contributed by atoms with E-state index in [1.165, 1.54) is 11.3 Å². The Labute approximate surface area is 207 Å². The molecule has 0 aliphatic carbocycles. The normalized spacial score (nSPS) is 21.0. The van der Waals surface area contributed by atoms with Gasteiger partial charge in [-0.15, -0.1) is 11.3 Å². The van der Waals surface area contributed by atoms with E-state index in [0.717, 1.165) is 73.3 Å². The zero-order valence-electron chi connectivity index (χ0n) is 19.6. The lowest BCUT2D eigenvalue weighted by Gasteiger charge is -2.35. The molecule has 5 heterocycles. The van der Waals surface area contributed by atoms with Crippen molar-refractivity contribution in [3.05, 3.63) is 57.5 Å². The average Bonchev–Trinajstić information content (AvgIpc) is 3.55. The second-order valence-electron chi connectivity index (χ2n) is 9.34. The van der Waals surface area contributed by atoms with Crippen LogP contribution in [0.15, 0.2) is 40.6 Å². The molecule has 0 saturated carbocycles. The number of likely N-dealkylation sites (tertiary alicyclic amines) is 1. The van der Waals surface area contributed by atoms with Crippen LogP contribution in [0, 0.1) is 0 Å². The summed E-state index contributed by atoms with van der Waals surface area (Å²) in [6.07, 6.45) is 3.74. The predicted octanol–water partition coefficient (Wildman–Crippen LogP) is 2.01. The number of ether oxygens (including phenoxy) is 2. The number of thiazole rings is 1. The highest BCUT2D eigenvalue weighted by atomic mass is 32.1. The van der Waals surface area contributed by atoms with Crippen molar-refractivity contribution in [2.24, 2.45) is 0 Å². The third-order valence-electron chi connectivity index (χ3n) is 7.09. The highest BCUT2D eigenvalue weighted by Crippen LogP contribution is 2.38. The fourth-order valence-electron chi connectivity index (χ4n) is 5.26. The maximum Gasteiger partial charge on any atom is 0.258 e. The molecule has 2 fully saturated rings. The van der Waals surface area contributed by atoms with Gasteiger partial charge in [0.15, 0.2) is 16.5 Å². The molecule has 2 saturated heterocycles. The fraction of sp³-hybridized carbons (Fsp3) is 0.480. The minimum absolute atomic E-state index is 0.0336. The molecule has 10 heteroatoms. The van der Waals surface area contributed by atoms with E-state index in [1.807, 2.05) is 22.4 Å². The molecule has 0 spiro atoms. The van der Waals surface area contributed by atoms with Crippen LogP contribution in [0.1, 0.15) is 30.1 Å². The zero-order valence-corrected chi connectivity index (χ0v) is 20.4. The van der Waals surface area contributed by atoms with Gasteiger partial charge in [0.1, 0.15) is 13.2 Å². The summed E-state index contributed by atoms with van der Waals surface area (Å²) in [5.74, 6) is 1.75. The van der Waals surface area contributed by atoms with Crippen molar-refractivity contribution in [3.8, 4) is 11.5 Å². The smallest absolute Gasteiger partial charge is 0.258 e. The highest BCUT2D eigenvalue weighted by Gasteiger charge is 2.32. The SMILES string of the molecule is O=C(CN1CCN(Cc2cc(=O)n3ccsc3n2)CC1)N1CCC[C@@H]1c1ccc2c(c1)OCCO2. The van der Waals surface area contributed by atoms with E-state index in [-0.39, 0.29) is 17.5 Å². The van der Waals surface area contributed by atoms with Gasteiger partial charge < -0.3 is 14.4 Å². The van der Waals surface area contributed by atoms with Gasteiger partial charge in [0, 0.05) is 56.9 Å². The summed E-state index contributed by atoms with van der Waals surface area (Å²) in [6.45, 7) is 6.39. The van der Waals surface area contributed by atoms with Crippen LogP contribution in [-0.2, 0) is 11.3 Å². The van der Waals surface area contributed by atoms with Crippen LogP contribution >= 0.6 is 11.3 Å². The molecule has 0 N–H and O–H groups in total. The third-order valence-corrected chi connectivity index (χ3v) is 7.85. The molecular formula is C25H29N5O4S. The molecule has 9 nitrogen and oxygen atoms in total. The summed E-state index contributed by atoms with van der Waals surface area (Å²) in [7, 11) is 0. The summed E-state index contributed by atoms with van der Waals surface area (Å²) in [5.41, 5.74) is 1.89. The van der Waals surface area contributed by atoms with Gasteiger partial charge in [0.25, 0.3) is 5.56 Å². The first-order valence-corrected chi connectivity index (χ1v) is 13.1. The van der Waals surface area contributed by atoms with Crippen molar-refractivity contribution in [3.63, 3.8) is 0 Å². The minimum atomic E-state index is -0.0336. The quantitative estimate of drug-likeness (QED) is 0.536. The van der Waals surface area contributed by atoms with Gasteiger partial charge >= 0.3 is 0 Å². The van der Waals surface area contributed by atoms with Crippen molar-refractivity contribution in [1.82, 2.24) is 24.1 Å². The van der Waals surface area contributed by atoms with Crippen LogP contribution in [0.25, 0.3) is 4.96 Å². The number of nitrogens with zero attached hydrogens (tertiary/aromatic N) is 5. The van der Waals surface area contributed by atoms with E-state index in [4.69, 9.17) is 9.47 Å². The van der Waals surface area contributed by atoms with Crippen molar-refractivity contribution in [2.45, 2.75) is 25.4 Å². The number of rotatable bonds is 5. The predicted molar refractivity (Wildman–Crippen MR) is 132 cm³/mol. The van der Waals surface area contributed by atoms with Crippen molar-refractivity contribution in [1.29, 1.82) is 0 Å². The molecule has 1 amide bonds. The van der Waals surface area contributed by atoms with E-state index in [1.54, 1.807) is 16.7 Å². The number of hydrogen-bond donors (Lipinski definition) is 0. The van der Waals surface area contributed by atoms with Crippen LogP contribution in [0.5, 0.6) is 11.5 Å². The topological polar surface area (TPSA) is 79.6 Å². The Hall–Kier alpha value is -2.95. The average molecular weight is 496 g/mol. The highest BCUT2D eigenvalue weighted by molar-refractivity contribution is 7.15. The number of amides is 1. The zero-order chi connectivity index (χ0) is 23.8. The largest absolute Gasteiger partial charge is 0.486 e. The standard InChI is InChI=1S/C25H29N5O4S/c31-23-15-19(26-25-30(23)10-13-35-25)16-27-6-8-28(9-7-27)17-24(32)29-5-1-2-20(29)18-3-4-21-22(14-18)34-12-11-33-21/h3-4,10,13-15,20H,1-2,5-9,11-12,16-17H2/t20-/m1/s1. The van der Waals surface area contributed by atoms with Crippen LogP contribution < -0.4 is 15.0 Å². The fourth-order valence-corrected chi connectivity index (χ4v) is 6.00. The van der Waals surface area contributed by atoms with E-state index in [9.17, 15) is 9.59 Å². The third kappa shape index (κ3) is 4.65. The van der Waals surface area contributed by atoms with E-state index < -0.39 is 0 Å². The van der Waals surface area contributed by atoms with E-state index in [0.29, 0.717) is 26.3 Å². The van der Waals surface area contributed by atoms with E-state index in [2.05, 4.69) is 20.9 Å². The Kier molecular flexibility index (Phi) is 6.17. The maximum atomic E-state index is 13.3. The first-order valence-electron chi connectivity index (χ1n) is 12.2. The van der Waals surface area contributed by atoms with Gasteiger partial charge in [-0.2, -0.15) is 0 Å². The molecule has 3 aromatic rings. The van der Waals surface area contributed by atoms with Gasteiger partial charge in [0.2, 0.25) is 5.91 Å². The molecule has 0 unspecified atom stereocenters. The summed E-state index contributed by atoms with van der Waals surface area (Å²) in [4.78, 5) is 37.4. The molecule has 3 aliphatic rings. The number of aromatic nitrogens is 2. The van der Waals surface area contributed by atoms with Crippen molar-refractivity contribution >= 4 is 22.2 Å². The lowest BCUT2D eigenvalue weighted by atomic mass is 10.0. The molecule has 2 aromatic heterocycles. The summed E-state index contributed by atoms with van der Waals surface area (Å²) in [6, 6.07) is 7.79. The van der Waals surface area contributed by atoms with Crippen LogP contribution in [0.4, 0.5) is 0 Å². The first-order chi connectivity index (χ1) is 17.1. The Bertz CT molecular complexity index is 1280. The van der Waals surface area contributed by atoms with Gasteiger partial charge in [-0.05, 0) is 30.5 Å². The summed E-state index contributed by atoms with van der Waals surface area (Å²) < 4.78 is 13.0. The van der Waals surface area contributed by atoms with Crippen LogP contribution in [0.2, 0.25) is 0 Å². The lowest BCUT2D eigenvalue weighted by molar-refractivity contribution is -0.133. The lowest BCUT2D eigenvalue weighted by Crippen LogP contribution is -2.49. The number of hydrogen-bond acceptors (Lipinski definition) is 8. The number of carbonyl (C=O) groups is 1. The van der Waals surface area contributed by atoms with Gasteiger partial charge in [-0.3, -0.25) is 23.8 Å². The van der Waals surface area contributed by atoms with Gasteiger partial charge in [-0.1, -0.05) is 6.07 Å². The molecule has 0 bridgehead atoms. The Morgan fingerprint density at radius 2 is 1.83 bits per heavy atom. The number of fused-ring (bicyclic) bond motifs is 2. The van der Waals surface area contributed by atoms with Crippen LogP contribution in [-0.4, -0.2) is 82.5 Å². The molecule has 1 atom stereocenters. The van der Waals surface area contributed by atoms with Gasteiger partial charge in [0.05, 0.1) is 18.3 Å². The molecule has 0 radical (unpaired) electrons. The number of piperazine rings is 1. The monoisotopic (exact) mass is 495 g/mol. The maximum absolute atomic E-state index is 13.3. The number of benzene rings is 1. The molecule has 35 heavy (non-hydrogen) atoms. The minimum Gasteiger partial charge on any atom is -0.486 e. The van der Waals surface area contributed by atoms with Gasteiger partial charge in [-0.25, -0.2) is 4.98 Å². The summed E-state index contributed by atoms with van der Waals surface area (Å²) in [5, 5.41) is 1.88. The second kappa shape index (κ2) is 9.60. The molecule has 184 valence electrons. The van der Waals surface area contributed by atoms with E-state index >= 15 is 0 Å². The Morgan fingerprint density at radius 1 is 1.03 bits per heavy atom. The van der Waals surface area contributed by atoms with Crippen LogP contribution in [0.3, 0.4) is 0 Å². The molecular weight excluding hydrogens is 466 g/mol. The van der Waals surface area contributed by atoms with Crippen molar-refractivity contribution < 1.29 is 14.3 Å². The Morgan fingerprint density at radius 3 is 2.69 bits per heavy atom. The summed E-state index contributed by atoms with van der Waals surface area (Å²) >= 11 is 1.47. The second-order valence-corrected chi connectivity index (χ2v) is 10.2. The number of carbonyl (C=O) groups excluding carboxylic acids is 1. The Balaban J connectivity index is 1.04.